The molecule has 0 aromatic heterocycles. The normalized spacial score (nSPS) is 26.6. The van der Waals surface area contributed by atoms with Crippen LogP contribution in [0.4, 0.5) is 0 Å². The smallest absolute Gasteiger partial charge is 0.0810 e. The molecule has 2 fully saturated rings. The number of rotatable bonds is 9. The van der Waals surface area contributed by atoms with Crippen LogP contribution in [0.25, 0.3) is 0 Å². The Hall–Kier alpha value is -0.0800. The number of hydrogen-bond acceptors (Lipinski definition) is 2. The molecule has 1 unspecified atom stereocenters. The van der Waals surface area contributed by atoms with Crippen molar-refractivity contribution in [2.75, 3.05) is 6.61 Å². The van der Waals surface area contributed by atoms with Gasteiger partial charge in [0.05, 0.1) is 18.3 Å². The number of unbranched alkanes of at least 4 members (excludes halogenated alkanes) is 5. The first-order valence-corrected chi connectivity index (χ1v) is 6.63. The molecule has 0 aromatic carbocycles. The van der Waals surface area contributed by atoms with E-state index in [4.69, 9.17) is 4.74 Å². The fourth-order valence-corrected chi connectivity index (χ4v) is 2.16. The van der Waals surface area contributed by atoms with Crippen molar-refractivity contribution in [3.8, 4) is 0 Å². The van der Waals surface area contributed by atoms with E-state index in [0.29, 0.717) is 6.10 Å². The molecule has 1 N–H and O–H groups in total. The molecule has 0 amide bonds. The predicted molar refractivity (Wildman–Crippen MR) is 60.9 cm³/mol. The third kappa shape index (κ3) is 4.98. The highest BCUT2D eigenvalue weighted by Gasteiger charge is 2.38. The topological polar surface area (TPSA) is 32.8 Å². The first-order valence-electron chi connectivity index (χ1n) is 6.63. The molecular formula is C13H24O2. The highest BCUT2D eigenvalue weighted by molar-refractivity contribution is 4.92. The van der Waals surface area contributed by atoms with Gasteiger partial charge in [-0.2, -0.15) is 0 Å². The molecule has 1 aliphatic carbocycles. The van der Waals surface area contributed by atoms with Gasteiger partial charge in [-0.05, 0) is 25.7 Å². The summed E-state index contributed by atoms with van der Waals surface area (Å²) in [6, 6.07) is 0. The van der Waals surface area contributed by atoms with Gasteiger partial charge in [0.1, 0.15) is 0 Å². The second-order valence-corrected chi connectivity index (χ2v) is 5.34. The Kier molecular flexibility index (Phi) is 4.04. The van der Waals surface area contributed by atoms with E-state index < -0.39 is 0 Å². The summed E-state index contributed by atoms with van der Waals surface area (Å²) in [4.78, 5) is 0. The van der Waals surface area contributed by atoms with Crippen LogP contribution in [0, 0.1) is 0 Å². The van der Waals surface area contributed by atoms with E-state index in [1.54, 1.807) is 0 Å². The van der Waals surface area contributed by atoms with E-state index >= 15 is 0 Å². The molecular weight excluding hydrogens is 188 g/mol. The quantitative estimate of drug-likeness (QED) is 0.470. The predicted octanol–water partition coefficient (Wildman–Crippen LogP) is 3.03. The monoisotopic (exact) mass is 212 g/mol. The van der Waals surface area contributed by atoms with E-state index in [1.165, 1.54) is 44.9 Å². The minimum Gasteiger partial charge on any atom is -0.390 e. The third-order valence-corrected chi connectivity index (χ3v) is 3.65. The molecule has 2 aliphatic rings. The second kappa shape index (κ2) is 5.31. The second-order valence-electron chi connectivity index (χ2n) is 5.34. The lowest BCUT2D eigenvalue weighted by Crippen LogP contribution is -2.05. The molecule has 0 spiro atoms. The number of hydrogen-bond donors (Lipinski definition) is 1. The average molecular weight is 212 g/mol. The van der Waals surface area contributed by atoms with Gasteiger partial charge in [-0.1, -0.05) is 38.5 Å². The molecule has 15 heavy (non-hydrogen) atoms. The van der Waals surface area contributed by atoms with E-state index in [1.807, 2.05) is 0 Å². The zero-order chi connectivity index (χ0) is 10.6. The van der Waals surface area contributed by atoms with Gasteiger partial charge in [-0.15, -0.1) is 0 Å². The molecule has 88 valence electrons. The number of epoxide rings is 1. The molecule has 2 rings (SSSR count). The van der Waals surface area contributed by atoms with E-state index in [-0.39, 0.29) is 5.60 Å². The van der Waals surface area contributed by atoms with Crippen LogP contribution in [0.15, 0.2) is 0 Å². The van der Waals surface area contributed by atoms with Gasteiger partial charge in [-0.25, -0.2) is 0 Å². The summed E-state index contributed by atoms with van der Waals surface area (Å²) < 4.78 is 5.17. The number of ether oxygens (including phenoxy) is 1. The van der Waals surface area contributed by atoms with Crippen molar-refractivity contribution in [3.63, 3.8) is 0 Å². The van der Waals surface area contributed by atoms with Crippen LogP contribution >= 0.6 is 0 Å². The first kappa shape index (κ1) is 11.4. The fourth-order valence-electron chi connectivity index (χ4n) is 2.16. The van der Waals surface area contributed by atoms with Crippen molar-refractivity contribution < 1.29 is 9.84 Å². The molecule has 0 bridgehead atoms. The SMILES string of the molecule is OC1(CCCCCCCCC2CO2)CC1. The summed E-state index contributed by atoms with van der Waals surface area (Å²) in [5.74, 6) is 0. The van der Waals surface area contributed by atoms with Crippen molar-refractivity contribution >= 4 is 0 Å². The molecule has 1 heterocycles. The maximum atomic E-state index is 9.62. The van der Waals surface area contributed by atoms with E-state index in [0.717, 1.165) is 25.9 Å². The van der Waals surface area contributed by atoms with Gasteiger partial charge in [0.15, 0.2) is 0 Å². The Morgan fingerprint density at radius 2 is 1.60 bits per heavy atom. The standard InChI is InChI=1S/C13H24O2/c14-13(9-10-13)8-6-4-2-1-3-5-7-12-11-15-12/h12,14H,1-11H2. The Morgan fingerprint density at radius 1 is 1.00 bits per heavy atom. The van der Waals surface area contributed by atoms with Crippen LogP contribution in [-0.2, 0) is 4.74 Å². The van der Waals surface area contributed by atoms with Crippen molar-refractivity contribution in [3.05, 3.63) is 0 Å². The largest absolute Gasteiger partial charge is 0.390 e. The summed E-state index contributed by atoms with van der Waals surface area (Å²) in [5.41, 5.74) is -0.219. The lowest BCUT2D eigenvalue weighted by Gasteiger charge is -2.06. The van der Waals surface area contributed by atoms with Crippen molar-refractivity contribution in [1.82, 2.24) is 0 Å². The van der Waals surface area contributed by atoms with Crippen molar-refractivity contribution in [2.45, 2.75) is 75.9 Å². The van der Waals surface area contributed by atoms with Gasteiger partial charge in [0.2, 0.25) is 0 Å². The van der Waals surface area contributed by atoms with Gasteiger partial charge in [0.25, 0.3) is 0 Å². The summed E-state index contributed by atoms with van der Waals surface area (Å²) in [6.45, 7) is 1.01. The Morgan fingerprint density at radius 3 is 2.20 bits per heavy atom. The highest BCUT2D eigenvalue weighted by Crippen LogP contribution is 2.39. The Bertz CT molecular complexity index is 183. The van der Waals surface area contributed by atoms with Crippen LogP contribution in [0.5, 0.6) is 0 Å². The fraction of sp³-hybridized carbons (Fsp3) is 1.00. The van der Waals surface area contributed by atoms with Gasteiger partial charge in [0, 0.05) is 0 Å². The Balaban J connectivity index is 1.29. The van der Waals surface area contributed by atoms with Gasteiger partial charge in [-0.3, -0.25) is 0 Å². The Labute approximate surface area is 93.0 Å². The van der Waals surface area contributed by atoms with Crippen LogP contribution in [0.3, 0.4) is 0 Å². The van der Waals surface area contributed by atoms with Crippen LogP contribution in [0.1, 0.15) is 64.2 Å². The zero-order valence-electron chi connectivity index (χ0n) is 9.71. The number of aliphatic hydroxyl groups is 1. The van der Waals surface area contributed by atoms with Crippen LogP contribution in [0.2, 0.25) is 0 Å². The van der Waals surface area contributed by atoms with Gasteiger partial charge < -0.3 is 9.84 Å². The molecule has 1 aliphatic heterocycles. The zero-order valence-corrected chi connectivity index (χ0v) is 9.71. The third-order valence-electron chi connectivity index (χ3n) is 3.65. The molecule has 1 saturated carbocycles. The lowest BCUT2D eigenvalue weighted by molar-refractivity contribution is 0.136. The molecule has 2 heteroatoms. The van der Waals surface area contributed by atoms with Gasteiger partial charge >= 0.3 is 0 Å². The summed E-state index contributed by atoms with van der Waals surface area (Å²) in [6.07, 6.45) is 13.0. The summed E-state index contributed by atoms with van der Waals surface area (Å²) in [5, 5.41) is 9.62. The summed E-state index contributed by atoms with van der Waals surface area (Å²) >= 11 is 0. The van der Waals surface area contributed by atoms with Crippen molar-refractivity contribution in [2.24, 2.45) is 0 Å². The molecule has 0 aromatic rings. The average Bonchev–Trinajstić information content (AvgIpc) is 3.09. The van der Waals surface area contributed by atoms with Crippen molar-refractivity contribution in [1.29, 1.82) is 0 Å². The molecule has 0 radical (unpaired) electrons. The molecule has 1 saturated heterocycles. The molecule has 1 atom stereocenters. The maximum Gasteiger partial charge on any atom is 0.0810 e. The van der Waals surface area contributed by atoms with E-state index in [2.05, 4.69) is 0 Å². The van der Waals surface area contributed by atoms with Crippen LogP contribution in [-0.4, -0.2) is 23.4 Å². The minimum atomic E-state index is -0.219. The minimum absolute atomic E-state index is 0.219. The maximum absolute atomic E-state index is 9.62. The van der Waals surface area contributed by atoms with E-state index in [9.17, 15) is 5.11 Å². The lowest BCUT2D eigenvalue weighted by atomic mass is 10.1. The highest BCUT2D eigenvalue weighted by atomic mass is 16.6. The first-order chi connectivity index (χ1) is 7.29. The summed E-state index contributed by atoms with van der Waals surface area (Å²) in [7, 11) is 0. The molecule has 2 nitrogen and oxygen atoms in total. The van der Waals surface area contributed by atoms with Crippen LogP contribution < -0.4 is 0 Å².